The zero-order valence-corrected chi connectivity index (χ0v) is 13.2. The smallest absolute Gasteiger partial charge is 0.360 e. The number of halogens is 3. The van der Waals surface area contributed by atoms with Gasteiger partial charge in [0, 0.05) is 0 Å². The third-order valence-corrected chi connectivity index (χ3v) is 4.53. The van der Waals surface area contributed by atoms with E-state index >= 15 is 0 Å². The summed E-state index contributed by atoms with van der Waals surface area (Å²) < 4.78 is 67.5. The summed E-state index contributed by atoms with van der Waals surface area (Å²) in [6.45, 7) is 2.55. The third-order valence-electron chi connectivity index (χ3n) is 2.94. The Hall–Kier alpha value is -1.62. The average Bonchev–Trinajstić information content (AvgIpc) is 2.65. The molecule has 0 bridgehead atoms. The Morgan fingerprint density at radius 1 is 1.41 bits per heavy atom. The first-order chi connectivity index (χ1) is 9.85. The minimum absolute atomic E-state index is 0.0194. The molecule has 0 spiro atoms. The topological polar surface area (TPSA) is 92.5 Å². The van der Waals surface area contributed by atoms with Gasteiger partial charge in [-0.1, -0.05) is 5.16 Å². The van der Waals surface area contributed by atoms with E-state index < -0.39 is 34.7 Å². The zero-order valence-electron chi connectivity index (χ0n) is 12.4. The summed E-state index contributed by atoms with van der Waals surface area (Å²) in [6, 6.07) is -1.29. The summed E-state index contributed by atoms with van der Waals surface area (Å²) in [7, 11) is -3.19. The van der Waals surface area contributed by atoms with Gasteiger partial charge in [0.15, 0.2) is 10.7 Å². The molecule has 1 heterocycles. The molecule has 0 aliphatic rings. The molecule has 0 fully saturated rings. The fraction of sp³-hybridized carbons (Fsp3) is 0.636. The summed E-state index contributed by atoms with van der Waals surface area (Å²) in [5.74, 6) is -1.10. The molecular formula is C11H16F3N3O4S. The van der Waals surface area contributed by atoms with Crippen LogP contribution >= 0.6 is 0 Å². The van der Waals surface area contributed by atoms with Crippen LogP contribution in [0.5, 0.6) is 0 Å². The van der Waals surface area contributed by atoms with Crippen molar-refractivity contribution in [1.82, 2.24) is 14.8 Å². The van der Waals surface area contributed by atoms with Gasteiger partial charge in [-0.2, -0.15) is 13.2 Å². The number of sulfonamides is 1. The van der Waals surface area contributed by atoms with Gasteiger partial charge in [-0.15, -0.1) is 0 Å². The Morgan fingerprint density at radius 2 is 1.95 bits per heavy atom. The molecule has 11 heteroatoms. The van der Waals surface area contributed by atoms with Gasteiger partial charge in [0.1, 0.15) is 5.69 Å². The van der Waals surface area contributed by atoms with Gasteiger partial charge in [-0.3, -0.25) is 9.69 Å². The first kappa shape index (κ1) is 18.4. The summed E-state index contributed by atoms with van der Waals surface area (Å²) in [6.07, 6.45) is -4.50. The van der Waals surface area contributed by atoms with E-state index in [0.717, 1.165) is 7.05 Å². The fourth-order valence-electron chi connectivity index (χ4n) is 1.75. The quantitative estimate of drug-likeness (QED) is 0.857. The van der Waals surface area contributed by atoms with E-state index in [-0.39, 0.29) is 16.3 Å². The van der Waals surface area contributed by atoms with E-state index in [1.54, 1.807) is 4.72 Å². The Balaban J connectivity index is 2.88. The molecule has 1 atom stereocenters. The van der Waals surface area contributed by atoms with Crippen LogP contribution in [0.15, 0.2) is 9.42 Å². The lowest BCUT2D eigenvalue weighted by molar-refractivity contribution is -0.150. The van der Waals surface area contributed by atoms with E-state index in [2.05, 4.69) is 5.16 Å². The van der Waals surface area contributed by atoms with Crippen LogP contribution in [0.3, 0.4) is 0 Å². The molecule has 7 nitrogen and oxygen atoms in total. The highest BCUT2D eigenvalue weighted by Gasteiger charge is 2.34. The number of nitrogens with zero attached hydrogens (tertiary/aromatic N) is 2. The number of carbonyl (C=O) groups excluding carboxylic acids is 1. The summed E-state index contributed by atoms with van der Waals surface area (Å²) in [5, 5.41) is 3.45. The molecule has 1 unspecified atom stereocenters. The number of alkyl halides is 3. The minimum atomic E-state index is -4.50. The van der Waals surface area contributed by atoms with Crippen molar-refractivity contribution < 1.29 is 30.9 Å². The van der Waals surface area contributed by atoms with Gasteiger partial charge >= 0.3 is 6.18 Å². The maximum atomic E-state index is 12.3. The SMILES string of the molecule is Cc1noc(C)c1S(=O)(=O)NC(=O)C(C)N(C)CC(F)(F)F. The van der Waals surface area contributed by atoms with Crippen molar-refractivity contribution in [2.75, 3.05) is 13.6 Å². The van der Waals surface area contributed by atoms with Crippen LogP contribution in [0.2, 0.25) is 0 Å². The number of likely N-dealkylation sites (N-methyl/N-ethyl adjacent to an activating group) is 1. The van der Waals surface area contributed by atoms with Crippen LogP contribution in [0.1, 0.15) is 18.4 Å². The molecule has 1 rings (SSSR count). The van der Waals surface area contributed by atoms with Crippen molar-refractivity contribution in [2.45, 2.75) is 37.9 Å². The van der Waals surface area contributed by atoms with Gasteiger partial charge in [0.25, 0.3) is 15.9 Å². The molecule has 0 aromatic carbocycles. The monoisotopic (exact) mass is 343 g/mol. The molecule has 0 radical (unpaired) electrons. The van der Waals surface area contributed by atoms with Gasteiger partial charge in [-0.05, 0) is 27.8 Å². The second-order valence-corrected chi connectivity index (χ2v) is 6.45. The van der Waals surface area contributed by atoms with E-state index in [1.807, 2.05) is 0 Å². The highest BCUT2D eigenvalue weighted by atomic mass is 32.2. The summed E-state index contributed by atoms with van der Waals surface area (Å²) >= 11 is 0. The van der Waals surface area contributed by atoms with Crippen LogP contribution in [0.25, 0.3) is 0 Å². The maximum Gasteiger partial charge on any atom is 0.401 e. The highest BCUT2D eigenvalue weighted by molar-refractivity contribution is 7.90. The number of rotatable bonds is 5. The van der Waals surface area contributed by atoms with E-state index in [0.29, 0.717) is 4.90 Å². The molecule has 0 aliphatic heterocycles. The third kappa shape index (κ3) is 4.44. The summed E-state index contributed by atoms with van der Waals surface area (Å²) in [5.41, 5.74) is 0.0501. The largest absolute Gasteiger partial charge is 0.401 e. The number of nitrogens with one attached hydrogen (secondary N) is 1. The van der Waals surface area contributed by atoms with Crippen LogP contribution in [-0.2, 0) is 14.8 Å². The van der Waals surface area contributed by atoms with Crippen LogP contribution < -0.4 is 4.72 Å². The Morgan fingerprint density at radius 3 is 2.36 bits per heavy atom. The van der Waals surface area contributed by atoms with Crippen molar-refractivity contribution in [3.63, 3.8) is 0 Å². The zero-order chi connectivity index (χ0) is 17.3. The predicted molar refractivity (Wildman–Crippen MR) is 69.5 cm³/mol. The predicted octanol–water partition coefficient (Wildman–Crippen LogP) is 0.979. The van der Waals surface area contributed by atoms with Gasteiger partial charge in [0.2, 0.25) is 0 Å². The lowest BCUT2D eigenvalue weighted by atomic mass is 10.3. The molecule has 1 amide bonds. The molecule has 0 saturated heterocycles. The maximum absolute atomic E-state index is 12.3. The molecule has 126 valence electrons. The molecule has 0 aliphatic carbocycles. The minimum Gasteiger partial charge on any atom is -0.360 e. The standard InChI is InChI=1S/C11H16F3N3O4S/c1-6-9(8(3)21-15-6)22(19,20)16-10(18)7(2)17(4)5-11(12,13)14/h7H,5H2,1-4H3,(H,16,18). The molecule has 22 heavy (non-hydrogen) atoms. The Bertz CT molecular complexity index is 635. The van der Waals surface area contributed by atoms with E-state index in [9.17, 15) is 26.4 Å². The van der Waals surface area contributed by atoms with Crippen molar-refractivity contribution >= 4 is 15.9 Å². The number of aromatic nitrogens is 1. The number of aryl methyl sites for hydroxylation is 2. The average molecular weight is 343 g/mol. The Kier molecular flexibility index (Phi) is 5.23. The number of carbonyl (C=O) groups is 1. The van der Waals surface area contributed by atoms with Gasteiger partial charge < -0.3 is 4.52 Å². The Labute approximate surface area is 125 Å². The van der Waals surface area contributed by atoms with Crippen LogP contribution in [0, 0.1) is 13.8 Å². The number of hydrogen-bond acceptors (Lipinski definition) is 6. The number of amides is 1. The first-order valence-corrected chi connectivity index (χ1v) is 7.60. The second-order valence-electron chi connectivity index (χ2n) is 4.83. The highest BCUT2D eigenvalue weighted by Crippen LogP contribution is 2.19. The lowest BCUT2D eigenvalue weighted by Gasteiger charge is -2.24. The molecule has 0 saturated carbocycles. The van der Waals surface area contributed by atoms with Crippen LogP contribution in [-0.4, -0.2) is 50.2 Å². The van der Waals surface area contributed by atoms with Gasteiger partial charge in [0.05, 0.1) is 12.6 Å². The molecule has 1 aromatic rings. The van der Waals surface area contributed by atoms with Crippen molar-refractivity contribution in [3.8, 4) is 0 Å². The van der Waals surface area contributed by atoms with Crippen LogP contribution in [0.4, 0.5) is 13.2 Å². The van der Waals surface area contributed by atoms with Crippen molar-refractivity contribution in [2.24, 2.45) is 0 Å². The summed E-state index contributed by atoms with van der Waals surface area (Å²) in [4.78, 5) is 12.2. The van der Waals surface area contributed by atoms with E-state index in [1.165, 1.54) is 20.8 Å². The molecule has 1 N–H and O–H groups in total. The van der Waals surface area contributed by atoms with Crippen molar-refractivity contribution in [1.29, 1.82) is 0 Å². The molecule has 1 aromatic heterocycles. The molecular weight excluding hydrogens is 327 g/mol. The fourth-order valence-corrected chi connectivity index (χ4v) is 3.13. The lowest BCUT2D eigenvalue weighted by Crippen LogP contribution is -2.48. The van der Waals surface area contributed by atoms with E-state index in [4.69, 9.17) is 4.52 Å². The number of hydrogen-bond donors (Lipinski definition) is 1. The normalized spacial score (nSPS) is 14.2. The van der Waals surface area contributed by atoms with Gasteiger partial charge in [-0.25, -0.2) is 13.1 Å². The second kappa shape index (κ2) is 6.24. The van der Waals surface area contributed by atoms with Crippen molar-refractivity contribution in [3.05, 3.63) is 11.5 Å². The first-order valence-electron chi connectivity index (χ1n) is 6.11.